The predicted octanol–water partition coefficient (Wildman–Crippen LogP) is 5.73. The van der Waals surface area contributed by atoms with Crippen LogP contribution in [-0.4, -0.2) is 24.7 Å². The Balaban J connectivity index is 1.96. The van der Waals surface area contributed by atoms with Crippen molar-refractivity contribution < 1.29 is 18.4 Å². The fourth-order valence-electron chi connectivity index (χ4n) is 2.52. The maximum absolute atomic E-state index is 13.0. The van der Waals surface area contributed by atoms with Crippen LogP contribution in [0.1, 0.15) is 5.56 Å². The second-order valence-corrected chi connectivity index (χ2v) is 9.99. The SMILES string of the molecule is O=[N+]([O-])c1ccc(NN=Cc2cc(Br)c(O)c(Br)c2)c(S(=O)(=O)Nc2ccccc2Cl)c1. The summed E-state index contributed by atoms with van der Waals surface area (Å²) in [4.78, 5) is 10.1. The number of nitrogens with one attached hydrogen (secondary N) is 2. The molecule has 3 aromatic rings. The largest absolute Gasteiger partial charge is 0.506 e. The smallest absolute Gasteiger partial charge is 0.270 e. The van der Waals surface area contributed by atoms with Crippen molar-refractivity contribution in [3.8, 4) is 5.75 Å². The molecule has 0 aromatic heterocycles. The van der Waals surface area contributed by atoms with Gasteiger partial charge in [0.05, 0.1) is 36.5 Å². The molecule has 0 fully saturated rings. The van der Waals surface area contributed by atoms with Crippen LogP contribution < -0.4 is 10.1 Å². The van der Waals surface area contributed by atoms with Crippen LogP contribution >= 0.6 is 43.5 Å². The van der Waals surface area contributed by atoms with Crippen molar-refractivity contribution in [3.63, 3.8) is 0 Å². The van der Waals surface area contributed by atoms with E-state index in [0.29, 0.717) is 14.5 Å². The summed E-state index contributed by atoms with van der Waals surface area (Å²) < 4.78 is 29.1. The Morgan fingerprint density at radius 2 is 1.72 bits per heavy atom. The minimum atomic E-state index is -4.26. The monoisotopic (exact) mass is 602 g/mol. The lowest BCUT2D eigenvalue weighted by Gasteiger charge is -2.13. The molecule has 0 atom stereocenters. The van der Waals surface area contributed by atoms with E-state index in [2.05, 4.69) is 47.1 Å². The number of hydrogen-bond donors (Lipinski definition) is 3. The van der Waals surface area contributed by atoms with Gasteiger partial charge in [0.25, 0.3) is 15.7 Å². The van der Waals surface area contributed by atoms with E-state index in [1.165, 1.54) is 24.4 Å². The molecule has 0 saturated carbocycles. The molecule has 0 heterocycles. The number of nitro groups is 1. The van der Waals surface area contributed by atoms with E-state index >= 15 is 0 Å². The zero-order valence-electron chi connectivity index (χ0n) is 15.8. The Kier molecular flexibility index (Phi) is 7.39. The number of phenols is 1. The summed E-state index contributed by atoms with van der Waals surface area (Å²) in [6.07, 6.45) is 1.38. The first-order valence-corrected chi connectivity index (χ1v) is 12.1. The number of halogens is 3. The van der Waals surface area contributed by atoms with Gasteiger partial charge in [-0.25, -0.2) is 8.42 Å². The summed E-state index contributed by atoms with van der Waals surface area (Å²) >= 11 is 12.4. The average molecular weight is 605 g/mol. The molecule has 0 aliphatic carbocycles. The molecular formula is C19H13Br2ClN4O5S. The normalized spacial score (nSPS) is 11.5. The van der Waals surface area contributed by atoms with Crippen molar-refractivity contribution in [2.75, 3.05) is 10.1 Å². The molecule has 13 heteroatoms. The first-order chi connectivity index (χ1) is 15.1. The highest BCUT2D eigenvalue weighted by molar-refractivity contribution is 9.11. The first-order valence-electron chi connectivity index (χ1n) is 8.61. The van der Waals surface area contributed by atoms with Crippen LogP contribution in [0.3, 0.4) is 0 Å². The fourth-order valence-corrected chi connectivity index (χ4v) is 5.24. The third-order valence-electron chi connectivity index (χ3n) is 4.02. The Morgan fingerprint density at radius 3 is 2.34 bits per heavy atom. The van der Waals surface area contributed by atoms with Crippen LogP contribution in [0.4, 0.5) is 17.1 Å². The Hall–Kier alpha value is -2.67. The summed E-state index contributed by atoms with van der Waals surface area (Å²) in [6, 6.07) is 12.7. The van der Waals surface area contributed by atoms with Gasteiger partial charge in [-0.2, -0.15) is 5.10 Å². The fraction of sp³-hybridized carbons (Fsp3) is 0. The molecule has 0 aliphatic rings. The van der Waals surface area contributed by atoms with E-state index in [0.717, 1.165) is 12.1 Å². The highest BCUT2D eigenvalue weighted by atomic mass is 79.9. The minimum Gasteiger partial charge on any atom is -0.506 e. The molecule has 0 aliphatic heterocycles. The van der Waals surface area contributed by atoms with Gasteiger partial charge >= 0.3 is 0 Å². The van der Waals surface area contributed by atoms with E-state index in [4.69, 9.17) is 11.6 Å². The van der Waals surface area contributed by atoms with Crippen molar-refractivity contribution in [2.45, 2.75) is 4.90 Å². The molecule has 0 amide bonds. The third-order valence-corrected chi connectivity index (χ3v) is 6.97. The standard InChI is InChI=1S/C19H13Br2ClN4O5S/c20-13-7-11(8-14(21)19(13)27)10-23-24-17-6-5-12(26(28)29)9-18(17)32(30,31)25-16-4-2-1-3-15(16)22/h1-10,24-25,27H. The van der Waals surface area contributed by atoms with Gasteiger partial charge in [0, 0.05) is 12.1 Å². The van der Waals surface area contributed by atoms with Gasteiger partial charge in [-0.1, -0.05) is 23.7 Å². The molecule has 0 radical (unpaired) electrons. The highest BCUT2D eigenvalue weighted by Gasteiger charge is 2.23. The lowest BCUT2D eigenvalue weighted by molar-refractivity contribution is -0.385. The molecular weight excluding hydrogens is 592 g/mol. The van der Waals surface area contributed by atoms with Gasteiger partial charge in [0.15, 0.2) is 0 Å². The maximum atomic E-state index is 13.0. The van der Waals surface area contributed by atoms with Crippen molar-refractivity contribution in [1.29, 1.82) is 0 Å². The van der Waals surface area contributed by atoms with E-state index < -0.39 is 25.5 Å². The third kappa shape index (κ3) is 5.57. The van der Waals surface area contributed by atoms with Crippen LogP contribution in [0, 0.1) is 10.1 Å². The summed E-state index contributed by atoms with van der Waals surface area (Å²) in [6.45, 7) is 0. The lowest BCUT2D eigenvalue weighted by atomic mass is 10.2. The average Bonchev–Trinajstić information content (AvgIpc) is 2.73. The second kappa shape index (κ2) is 9.86. The lowest BCUT2D eigenvalue weighted by Crippen LogP contribution is -2.15. The topological polar surface area (TPSA) is 134 Å². The van der Waals surface area contributed by atoms with Crippen molar-refractivity contribution >= 4 is 76.8 Å². The molecule has 0 bridgehead atoms. The molecule has 9 nitrogen and oxygen atoms in total. The molecule has 3 N–H and O–H groups in total. The Labute approximate surface area is 204 Å². The number of benzene rings is 3. The number of non-ortho nitro benzene ring substituents is 1. The van der Waals surface area contributed by atoms with E-state index in [-0.39, 0.29) is 22.1 Å². The molecule has 0 spiro atoms. The first kappa shape index (κ1) is 24.0. The number of para-hydroxylation sites is 1. The summed E-state index contributed by atoms with van der Waals surface area (Å²) in [7, 11) is -4.26. The summed E-state index contributed by atoms with van der Waals surface area (Å²) in [5.41, 5.74) is 2.88. The number of anilines is 2. The van der Waals surface area contributed by atoms with Crippen molar-refractivity contribution in [1.82, 2.24) is 0 Å². The Morgan fingerprint density at radius 1 is 1.06 bits per heavy atom. The molecule has 166 valence electrons. The number of aromatic hydroxyl groups is 1. The highest BCUT2D eigenvalue weighted by Crippen LogP contribution is 2.33. The number of rotatable bonds is 7. The summed E-state index contributed by atoms with van der Waals surface area (Å²) in [5.74, 6) is 0.0181. The number of nitro benzene ring substituents is 1. The molecule has 3 rings (SSSR count). The Bertz CT molecular complexity index is 1310. The maximum Gasteiger partial charge on any atom is 0.270 e. The second-order valence-electron chi connectivity index (χ2n) is 6.23. The van der Waals surface area contributed by atoms with Crippen LogP contribution in [-0.2, 0) is 10.0 Å². The number of hydrogen-bond acceptors (Lipinski definition) is 7. The summed E-state index contributed by atoms with van der Waals surface area (Å²) in [5, 5.41) is 25.1. The van der Waals surface area contributed by atoms with Gasteiger partial charge in [-0.3, -0.25) is 20.3 Å². The van der Waals surface area contributed by atoms with E-state index in [1.54, 1.807) is 24.3 Å². The van der Waals surface area contributed by atoms with Crippen LogP contribution in [0.15, 0.2) is 73.5 Å². The van der Waals surface area contributed by atoms with Crippen molar-refractivity contribution in [3.05, 3.63) is 84.2 Å². The van der Waals surface area contributed by atoms with Crippen LogP contribution in [0.25, 0.3) is 0 Å². The number of hydrazone groups is 1. The van der Waals surface area contributed by atoms with Gasteiger partial charge in [0.1, 0.15) is 10.6 Å². The minimum absolute atomic E-state index is 0.00307. The van der Waals surface area contributed by atoms with E-state index in [1.807, 2.05) is 0 Å². The number of phenolic OH excluding ortho intramolecular Hbond substituents is 1. The number of sulfonamides is 1. The van der Waals surface area contributed by atoms with Gasteiger partial charge < -0.3 is 5.11 Å². The zero-order chi connectivity index (χ0) is 23.5. The van der Waals surface area contributed by atoms with Gasteiger partial charge in [-0.15, -0.1) is 0 Å². The molecule has 3 aromatic carbocycles. The van der Waals surface area contributed by atoms with Crippen LogP contribution in [0.2, 0.25) is 5.02 Å². The molecule has 32 heavy (non-hydrogen) atoms. The predicted molar refractivity (Wildman–Crippen MR) is 130 cm³/mol. The van der Waals surface area contributed by atoms with Gasteiger partial charge in [-0.05, 0) is 67.8 Å². The number of nitrogens with zero attached hydrogens (tertiary/aromatic N) is 2. The zero-order valence-corrected chi connectivity index (χ0v) is 20.5. The molecule has 0 saturated heterocycles. The quantitative estimate of drug-likeness (QED) is 0.179. The van der Waals surface area contributed by atoms with Crippen molar-refractivity contribution in [2.24, 2.45) is 5.10 Å². The van der Waals surface area contributed by atoms with Crippen LogP contribution in [0.5, 0.6) is 5.75 Å². The molecule has 0 unspecified atom stereocenters. The van der Waals surface area contributed by atoms with E-state index in [9.17, 15) is 23.6 Å². The van der Waals surface area contributed by atoms with Gasteiger partial charge in [0.2, 0.25) is 0 Å².